The summed E-state index contributed by atoms with van der Waals surface area (Å²) in [7, 11) is 1.29. The Morgan fingerprint density at radius 1 is 0.909 bits per heavy atom. The predicted octanol–water partition coefficient (Wildman–Crippen LogP) is 4.23. The van der Waals surface area contributed by atoms with Gasteiger partial charge in [0, 0.05) is 25.6 Å². The number of carbonyl (C=O) groups excluding carboxylic acids is 4. The molecule has 0 aliphatic carbocycles. The molecule has 33 heavy (non-hydrogen) atoms. The number of hydrogen-bond acceptors (Lipinski definition) is 8. The van der Waals surface area contributed by atoms with Crippen LogP contribution in [-0.2, 0) is 20.9 Å². The molecule has 0 saturated heterocycles. The van der Waals surface area contributed by atoms with E-state index in [1.54, 1.807) is 24.3 Å². The van der Waals surface area contributed by atoms with Crippen LogP contribution in [0.1, 0.15) is 40.1 Å². The molecule has 0 aliphatic rings. The van der Waals surface area contributed by atoms with E-state index in [1.165, 1.54) is 55.4 Å². The minimum atomic E-state index is -0.629. The van der Waals surface area contributed by atoms with Crippen molar-refractivity contribution < 1.29 is 33.4 Å². The largest absolute Gasteiger partial charge is 0.465 e. The maximum Gasteiger partial charge on any atom is 0.337 e. The summed E-state index contributed by atoms with van der Waals surface area (Å²) in [4.78, 5) is 49.8. The first kappa shape index (κ1) is 23.7. The van der Waals surface area contributed by atoms with Gasteiger partial charge in [0.25, 0.3) is 5.91 Å². The highest BCUT2D eigenvalue weighted by Crippen LogP contribution is 2.30. The van der Waals surface area contributed by atoms with Crippen molar-refractivity contribution in [3.05, 3.63) is 76.0 Å². The van der Waals surface area contributed by atoms with Gasteiger partial charge in [0.05, 0.1) is 24.8 Å². The lowest BCUT2D eigenvalue weighted by Gasteiger charge is -2.24. The zero-order valence-corrected chi connectivity index (χ0v) is 19.0. The summed E-state index contributed by atoms with van der Waals surface area (Å²) in [6, 6.07) is 12.5. The molecule has 170 valence electrons. The van der Waals surface area contributed by atoms with Gasteiger partial charge in [0.1, 0.15) is 11.5 Å². The zero-order chi connectivity index (χ0) is 24.0. The van der Waals surface area contributed by atoms with Gasteiger partial charge in [-0.25, -0.2) is 4.79 Å². The Balaban J connectivity index is 2.03. The van der Waals surface area contributed by atoms with Crippen LogP contribution < -0.4 is 14.4 Å². The van der Waals surface area contributed by atoms with Gasteiger partial charge in [0.15, 0.2) is 0 Å². The summed E-state index contributed by atoms with van der Waals surface area (Å²) >= 11 is 1.50. The smallest absolute Gasteiger partial charge is 0.337 e. The number of methoxy groups -OCH3 is 1. The molecule has 0 saturated carbocycles. The third kappa shape index (κ3) is 6.05. The lowest BCUT2D eigenvalue weighted by Crippen LogP contribution is -2.31. The maximum absolute atomic E-state index is 13.6. The van der Waals surface area contributed by atoms with Crippen LogP contribution in [0.25, 0.3) is 0 Å². The van der Waals surface area contributed by atoms with Crippen molar-refractivity contribution in [1.29, 1.82) is 0 Å². The quantitative estimate of drug-likeness (QED) is 0.379. The van der Waals surface area contributed by atoms with Crippen LogP contribution in [0.15, 0.2) is 59.3 Å². The third-order valence-electron chi connectivity index (χ3n) is 4.46. The van der Waals surface area contributed by atoms with Gasteiger partial charge < -0.3 is 19.1 Å². The van der Waals surface area contributed by atoms with E-state index in [9.17, 15) is 19.2 Å². The summed E-state index contributed by atoms with van der Waals surface area (Å²) in [5.41, 5.74) is 1.87. The zero-order valence-electron chi connectivity index (χ0n) is 18.2. The molecule has 0 atom stereocenters. The van der Waals surface area contributed by atoms with Crippen molar-refractivity contribution >= 4 is 40.8 Å². The van der Waals surface area contributed by atoms with Crippen molar-refractivity contribution in [1.82, 2.24) is 0 Å². The molecule has 0 spiro atoms. The molecule has 8 nitrogen and oxygen atoms in total. The van der Waals surface area contributed by atoms with E-state index in [-0.39, 0.29) is 23.6 Å². The van der Waals surface area contributed by atoms with E-state index in [0.717, 1.165) is 5.56 Å². The molecule has 3 rings (SSSR count). The first-order chi connectivity index (χ1) is 15.8. The Morgan fingerprint density at radius 2 is 1.61 bits per heavy atom. The fourth-order valence-corrected chi connectivity index (χ4v) is 3.69. The average Bonchev–Trinajstić information content (AvgIpc) is 3.29. The van der Waals surface area contributed by atoms with Gasteiger partial charge in [-0.1, -0.05) is 0 Å². The van der Waals surface area contributed by atoms with Crippen LogP contribution in [-0.4, -0.2) is 30.9 Å². The number of esters is 3. The fraction of sp³-hybridized carbons (Fsp3) is 0.167. The van der Waals surface area contributed by atoms with Gasteiger partial charge in [-0.2, -0.15) is 11.3 Å². The van der Waals surface area contributed by atoms with Crippen molar-refractivity contribution in [2.24, 2.45) is 0 Å². The number of rotatable bonds is 7. The number of benzene rings is 2. The predicted molar refractivity (Wildman–Crippen MR) is 122 cm³/mol. The fourth-order valence-electron chi connectivity index (χ4n) is 3.03. The molecule has 0 unspecified atom stereocenters. The Labute approximate surface area is 194 Å². The SMILES string of the molecule is COC(=O)c1ccc(N(Cc2ccsc2)C(=O)c2ccc(OC(C)=O)cc2OC(C)=O)cc1. The third-order valence-corrected chi connectivity index (χ3v) is 5.20. The molecule has 3 aromatic rings. The van der Waals surface area contributed by atoms with Crippen LogP contribution in [0.3, 0.4) is 0 Å². The minimum absolute atomic E-state index is 0.0345. The number of hydrogen-bond donors (Lipinski definition) is 0. The van der Waals surface area contributed by atoms with E-state index in [1.807, 2.05) is 16.8 Å². The number of carbonyl (C=O) groups is 4. The summed E-state index contributed by atoms with van der Waals surface area (Å²) in [5, 5.41) is 3.82. The average molecular weight is 467 g/mol. The first-order valence-corrected chi connectivity index (χ1v) is 10.7. The van der Waals surface area contributed by atoms with E-state index in [2.05, 4.69) is 0 Å². The molecule has 1 heterocycles. The molecule has 1 amide bonds. The van der Waals surface area contributed by atoms with Gasteiger partial charge in [-0.15, -0.1) is 0 Å². The number of thiophene rings is 1. The second kappa shape index (κ2) is 10.6. The second-order valence-corrected chi connectivity index (χ2v) is 7.69. The minimum Gasteiger partial charge on any atom is -0.465 e. The van der Waals surface area contributed by atoms with Crippen LogP contribution in [0.4, 0.5) is 5.69 Å². The lowest BCUT2D eigenvalue weighted by atomic mass is 10.1. The molecule has 0 aliphatic heterocycles. The van der Waals surface area contributed by atoms with Gasteiger partial charge in [-0.05, 0) is 58.8 Å². The van der Waals surface area contributed by atoms with Crippen molar-refractivity contribution in [3.8, 4) is 11.5 Å². The monoisotopic (exact) mass is 467 g/mol. The van der Waals surface area contributed by atoms with E-state index in [4.69, 9.17) is 14.2 Å². The number of ether oxygens (including phenoxy) is 3. The van der Waals surface area contributed by atoms with E-state index < -0.39 is 23.8 Å². The van der Waals surface area contributed by atoms with Gasteiger partial charge >= 0.3 is 17.9 Å². The second-order valence-electron chi connectivity index (χ2n) is 6.91. The molecule has 0 radical (unpaired) electrons. The summed E-state index contributed by atoms with van der Waals surface area (Å²) in [6.45, 7) is 2.69. The normalized spacial score (nSPS) is 10.3. The highest BCUT2D eigenvalue weighted by Gasteiger charge is 2.24. The number of amides is 1. The lowest BCUT2D eigenvalue weighted by molar-refractivity contribution is -0.132. The number of nitrogens with zero attached hydrogens (tertiary/aromatic N) is 1. The molecule has 2 aromatic carbocycles. The number of anilines is 1. The van der Waals surface area contributed by atoms with Crippen molar-refractivity contribution in [2.75, 3.05) is 12.0 Å². The molecule has 1 aromatic heterocycles. The Kier molecular flexibility index (Phi) is 7.57. The highest BCUT2D eigenvalue weighted by molar-refractivity contribution is 7.07. The summed E-state index contributed by atoms with van der Waals surface area (Å²) in [6.07, 6.45) is 0. The van der Waals surface area contributed by atoms with Gasteiger partial charge in [0.2, 0.25) is 0 Å². The Bertz CT molecular complexity index is 1170. The van der Waals surface area contributed by atoms with Gasteiger partial charge in [-0.3, -0.25) is 14.4 Å². The van der Waals surface area contributed by atoms with E-state index in [0.29, 0.717) is 11.3 Å². The van der Waals surface area contributed by atoms with Crippen LogP contribution >= 0.6 is 11.3 Å². The molecular formula is C24H21NO7S. The molecule has 0 N–H and O–H groups in total. The standard InChI is InChI=1S/C24H21NO7S/c1-15(26)31-20-8-9-21(22(12-20)32-16(2)27)23(28)25(13-17-10-11-33-14-17)19-6-4-18(5-7-19)24(29)30-3/h4-12,14H,13H2,1-3H3. The molecule has 9 heteroatoms. The van der Waals surface area contributed by atoms with Crippen molar-refractivity contribution in [3.63, 3.8) is 0 Å². The van der Waals surface area contributed by atoms with Crippen LogP contribution in [0.2, 0.25) is 0 Å². The molecule has 0 bridgehead atoms. The van der Waals surface area contributed by atoms with Crippen LogP contribution in [0, 0.1) is 0 Å². The van der Waals surface area contributed by atoms with Crippen molar-refractivity contribution in [2.45, 2.75) is 20.4 Å². The van der Waals surface area contributed by atoms with E-state index >= 15 is 0 Å². The Hall–Kier alpha value is -3.98. The van der Waals surface area contributed by atoms with Crippen LogP contribution in [0.5, 0.6) is 11.5 Å². The maximum atomic E-state index is 13.6. The summed E-state index contributed by atoms with van der Waals surface area (Å²) < 4.78 is 15.0. The molecule has 0 fully saturated rings. The molecular weight excluding hydrogens is 446 g/mol. The Morgan fingerprint density at radius 3 is 2.18 bits per heavy atom. The first-order valence-electron chi connectivity index (χ1n) is 9.80. The summed E-state index contributed by atoms with van der Waals surface area (Å²) in [5.74, 6) is -2.01. The topological polar surface area (TPSA) is 99.2 Å². The highest BCUT2D eigenvalue weighted by atomic mass is 32.1.